The largest absolute Gasteiger partial charge is 0.355 e. The fourth-order valence-corrected chi connectivity index (χ4v) is 4.71. The predicted molar refractivity (Wildman–Crippen MR) is 126 cm³/mol. The van der Waals surface area contributed by atoms with Crippen molar-refractivity contribution < 1.29 is 14.4 Å². The summed E-state index contributed by atoms with van der Waals surface area (Å²) in [5.41, 5.74) is 1.25. The molecule has 2 aliphatic heterocycles. The second-order valence-electron chi connectivity index (χ2n) is 8.52. The van der Waals surface area contributed by atoms with Gasteiger partial charge in [-0.15, -0.1) is 0 Å². The maximum Gasteiger partial charge on any atom is 0.317 e. The van der Waals surface area contributed by atoms with Crippen molar-refractivity contribution in [1.82, 2.24) is 20.4 Å². The molecule has 1 spiro atoms. The number of carbonyl (C=O) groups is 3. The van der Waals surface area contributed by atoms with Gasteiger partial charge in [0.1, 0.15) is 12.1 Å². The van der Waals surface area contributed by atoms with E-state index >= 15 is 0 Å². The van der Waals surface area contributed by atoms with Gasteiger partial charge in [-0.05, 0) is 37.5 Å². The number of likely N-dealkylation sites (N-methyl/N-ethyl adjacent to an activating group) is 1. The highest BCUT2D eigenvalue weighted by Crippen LogP contribution is 2.39. The van der Waals surface area contributed by atoms with Crippen LogP contribution in [0.25, 0.3) is 0 Å². The molecule has 2 N–H and O–H groups in total. The minimum Gasteiger partial charge on any atom is -0.355 e. The maximum absolute atomic E-state index is 13.6. The number of likely N-dealkylation sites (tertiary alicyclic amines) is 1. The molecule has 8 heteroatoms. The molecular formula is C25H31N5O3. The molecule has 0 aromatic heterocycles. The quantitative estimate of drug-likeness (QED) is 0.708. The molecule has 2 aromatic rings. The molecule has 2 heterocycles. The number of piperidine rings is 1. The summed E-state index contributed by atoms with van der Waals surface area (Å²) in [7, 11) is 0. The molecule has 0 radical (unpaired) electrons. The molecule has 174 valence electrons. The van der Waals surface area contributed by atoms with E-state index in [1.54, 1.807) is 9.80 Å². The van der Waals surface area contributed by atoms with Gasteiger partial charge in [0.15, 0.2) is 0 Å². The van der Waals surface area contributed by atoms with Gasteiger partial charge in [0.2, 0.25) is 5.91 Å². The van der Waals surface area contributed by atoms with Gasteiger partial charge in [-0.2, -0.15) is 0 Å². The number of rotatable bonds is 6. The highest BCUT2D eigenvalue weighted by atomic mass is 16.2. The van der Waals surface area contributed by atoms with Crippen molar-refractivity contribution in [2.75, 3.05) is 37.7 Å². The Hall–Kier alpha value is -3.55. The van der Waals surface area contributed by atoms with Gasteiger partial charge in [-0.3, -0.25) is 9.59 Å². The average Bonchev–Trinajstić information content (AvgIpc) is 3.10. The summed E-state index contributed by atoms with van der Waals surface area (Å²) in [5.74, 6) is -0.199. The fourth-order valence-electron chi connectivity index (χ4n) is 4.71. The number of benzene rings is 2. The van der Waals surface area contributed by atoms with Gasteiger partial charge in [-0.1, -0.05) is 48.5 Å². The molecule has 2 saturated heterocycles. The van der Waals surface area contributed by atoms with Gasteiger partial charge in [0.25, 0.3) is 5.91 Å². The first kappa shape index (κ1) is 22.6. The zero-order chi connectivity index (χ0) is 23.3. The SMILES string of the molecule is CCNC(=O)CN1CN(c2ccccc2)C2(CCN(C(=O)NCc3ccccc3)CC2)C1=O. The molecule has 2 fully saturated rings. The highest BCUT2D eigenvalue weighted by molar-refractivity contribution is 5.96. The molecule has 33 heavy (non-hydrogen) atoms. The number of para-hydroxylation sites is 1. The molecule has 8 nitrogen and oxygen atoms in total. The van der Waals surface area contributed by atoms with E-state index in [-0.39, 0.29) is 24.4 Å². The van der Waals surface area contributed by atoms with Crippen molar-refractivity contribution in [1.29, 1.82) is 0 Å². The van der Waals surface area contributed by atoms with Crippen LogP contribution < -0.4 is 15.5 Å². The lowest BCUT2D eigenvalue weighted by Crippen LogP contribution is -2.58. The van der Waals surface area contributed by atoms with E-state index in [1.807, 2.05) is 67.6 Å². The summed E-state index contributed by atoms with van der Waals surface area (Å²) in [5, 5.41) is 5.75. The third-order valence-electron chi connectivity index (χ3n) is 6.45. The van der Waals surface area contributed by atoms with Crippen molar-refractivity contribution in [2.45, 2.75) is 31.8 Å². The third-order valence-corrected chi connectivity index (χ3v) is 6.45. The highest BCUT2D eigenvalue weighted by Gasteiger charge is 2.54. The second kappa shape index (κ2) is 9.94. The van der Waals surface area contributed by atoms with Crippen molar-refractivity contribution in [3.8, 4) is 0 Å². The standard InChI is InChI=1S/C25H31N5O3/c1-2-26-22(31)18-29-19-30(21-11-7-4-8-12-21)25(23(29)32)13-15-28(16-14-25)24(33)27-17-20-9-5-3-6-10-20/h3-12H,2,13-19H2,1H3,(H,26,31)(H,27,33). The van der Waals surface area contributed by atoms with Crippen LogP contribution in [-0.4, -0.2) is 66.0 Å². The number of anilines is 1. The molecule has 0 saturated carbocycles. The first-order valence-electron chi connectivity index (χ1n) is 11.5. The summed E-state index contributed by atoms with van der Waals surface area (Å²) in [6.45, 7) is 4.22. The summed E-state index contributed by atoms with van der Waals surface area (Å²) in [6, 6.07) is 19.5. The van der Waals surface area contributed by atoms with E-state index in [9.17, 15) is 14.4 Å². The van der Waals surface area contributed by atoms with Gasteiger partial charge < -0.3 is 25.3 Å². The van der Waals surface area contributed by atoms with Gasteiger partial charge in [0, 0.05) is 31.9 Å². The second-order valence-corrected chi connectivity index (χ2v) is 8.52. The Kier molecular flexibility index (Phi) is 6.82. The van der Waals surface area contributed by atoms with E-state index in [0.29, 0.717) is 45.7 Å². The number of amides is 4. The molecule has 0 unspecified atom stereocenters. The van der Waals surface area contributed by atoms with Crippen LogP contribution in [0, 0.1) is 0 Å². The van der Waals surface area contributed by atoms with E-state index in [4.69, 9.17) is 0 Å². The average molecular weight is 450 g/mol. The lowest BCUT2D eigenvalue weighted by molar-refractivity contribution is -0.137. The molecule has 2 aromatic carbocycles. The van der Waals surface area contributed by atoms with Gasteiger partial charge in [-0.25, -0.2) is 4.79 Å². The van der Waals surface area contributed by atoms with Crippen LogP contribution in [0.1, 0.15) is 25.3 Å². The number of hydrogen-bond acceptors (Lipinski definition) is 4. The molecule has 0 bridgehead atoms. The lowest BCUT2D eigenvalue weighted by atomic mass is 9.85. The Bertz CT molecular complexity index is 974. The minimum absolute atomic E-state index is 0.0399. The van der Waals surface area contributed by atoms with Crippen LogP contribution in [0.4, 0.5) is 10.5 Å². The summed E-state index contributed by atoms with van der Waals surface area (Å²) in [6.07, 6.45) is 1.04. The Balaban J connectivity index is 1.46. The number of nitrogens with zero attached hydrogens (tertiary/aromatic N) is 3. The van der Waals surface area contributed by atoms with Gasteiger partial charge in [0.05, 0.1) is 6.67 Å². The van der Waals surface area contributed by atoms with Gasteiger partial charge >= 0.3 is 6.03 Å². The van der Waals surface area contributed by atoms with E-state index < -0.39 is 5.54 Å². The number of carbonyl (C=O) groups excluding carboxylic acids is 3. The number of hydrogen-bond donors (Lipinski definition) is 2. The van der Waals surface area contributed by atoms with Crippen molar-refractivity contribution in [3.05, 3.63) is 66.2 Å². The van der Waals surface area contributed by atoms with Crippen LogP contribution in [0.3, 0.4) is 0 Å². The van der Waals surface area contributed by atoms with E-state index in [1.165, 1.54) is 0 Å². The monoisotopic (exact) mass is 449 g/mol. The number of urea groups is 1. The fraction of sp³-hybridized carbons (Fsp3) is 0.400. The third kappa shape index (κ3) is 4.79. The Morgan fingerprint density at radius 2 is 1.58 bits per heavy atom. The zero-order valence-electron chi connectivity index (χ0n) is 19.0. The molecular weight excluding hydrogens is 418 g/mol. The van der Waals surface area contributed by atoms with E-state index in [2.05, 4.69) is 15.5 Å². The Morgan fingerprint density at radius 3 is 2.21 bits per heavy atom. The molecule has 0 aliphatic carbocycles. The molecule has 0 atom stereocenters. The van der Waals surface area contributed by atoms with E-state index in [0.717, 1.165) is 11.3 Å². The predicted octanol–water partition coefficient (Wildman–Crippen LogP) is 2.17. The van der Waals surface area contributed by atoms with Crippen molar-refractivity contribution in [2.24, 2.45) is 0 Å². The van der Waals surface area contributed by atoms with Crippen LogP contribution in [0.5, 0.6) is 0 Å². The summed E-state index contributed by atoms with van der Waals surface area (Å²) in [4.78, 5) is 44.0. The Labute approximate surface area is 194 Å². The normalized spacial score (nSPS) is 17.4. The molecule has 2 aliphatic rings. The maximum atomic E-state index is 13.6. The summed E-state index contributed by atoms with van der Waals surface area (Å²) >= 11 is 0. The van der Waals surface area contributed by atoms with Crippen LogP contribution >= 0.6 is 0 Å². The first-order chi connectivity index (χ1) is 16.0. The number of nitrogens with one attached hydrogen (secondary N) is 2. The van der Waals surface area contributed by atoms with Crippen LogP contribution in [0.15, 0.2) is 60.7 Å². The topological polar surface area (TPSA) is 85.0 Å². The van der Waals surface area contributed by atoms with Crippen molar-refractivity contribution >= 4 is 23.5 Å². The van der Waals surface area contributed by atoms with Crippen LogP contribution in [-0.2, 0) is 16.1 Å². The first-order valence-corrected chi connectivity index (χ1v) is 11.5. The molecule has 4 rings (SSSR count). The minimum atomic E-state index is -0.746. The smallest absolute Gasteiger partial charge is 0.317 e. The Morgan fingerprint density at radius 1 is 0.939 bits per heavy atom. The summed E-state index contributed by atoms with van der Waals surface area (Å²) < 4.78 is 0. The zero-order valence-corrected chi connectivity index (χ0v) is 19.0. The van der Waals surface area contributed by atoms with Crippen LogP contribution in [0.2, 0.25) is 0 Å². The lowest BCUT2D eigenvalue weighted by Gasteiger charge is -2.43. The molecule has 4 amide bonds. The van der Waals surface area contributed by atoms with Crippen molar-refractivity contribution in [3.63, 3.8) is 0 Å².